The maximum atomic E-state index is 4.47. The van der Waals surface area contributed by atoms with Crippen molar-refractivity contribution in [2.75, 3.05) is 14.1 Å². The number of hydrogen-bond donors (Lipinski definition) is 2. The lowest BCUT2D eigenvalue weighted by molar-refractivity contribution is 1.10. The summed E-state index contributed by atoms with van der Waals surface area (Å²) in [6, 6.07) is 0. The van der Waals surface area contributed by atoms with E-state index in [1.165, 1.54) is 0 Å². The van der Waals surface area contributed by atoms with Crippen molar-refractivity contribution in [3.05, 3.63) is 24.6 Å². The van der Waals surface area contributed by atoms with Crippen LogP contribution in [0.5, 0.6) is 0 Å². The van der Waals surface area contributed by atoms with Crippen LogP contribution in [0.25, 0.3) is 0 Å². The Labute approximate surface area is 74.4 Å². The van der Waals surface area contributed by atoms with Gasteiger partial charge in [-0.25, -0.2) is 0 Å². The van der Waals surface area contributed by atoms with E-state index in [0.717, 1.165) is 0 Å². The summed E-state index contributed by atoms with van der Waals surface area (Å²) in [6.07, 6.45) is 7.35. The predicted molar refractivity (Wildman–Crippen MR) is 55.7 cm³/mol. The molecule has 2 nitrogen and oxygen atoms in total. The Kier molecular flexibility index (Phi) is 18.7. The van der Waals surface area contributed by atoms with E-state index < -0.39 is 0 Å². The lowest BCUT2D eigenvalue weighted by atomic mass is 10.7. The maximum Gasteiger partial charge on any atom is 0.00278 e. The molecule has 0 saturated carbocycles. The molecule has 0 aliphatic rings. The SMILES string of the molecule is C/C=C\NC.CN/C=C\C=S. The minimum Gasteiger partial charge on any atom is -0.394 e. The summed E-state index contributed by atoms with van der Waals surface area (Å²) in [5.74, 6) is 0. The van der Waals surface area contributed by atoms with Gasteiger partial charge < -0.3 is 10.6 Å². The predicted octanol–water partition coefficient (Wildman–Crippen LogP) is 1.46. The average Bonchev–Trinajstić information content (AvgIpc) is 2.04. The Balaban J connectivity index is 0. The van der Waals surface area contributed by atoms with Gasteiger partial charge in [0.05, 0.1) is 0 Å². The van der Waals surface area contributed by atoms with Crippen LogP contribution >= 0.6 is 12.2 Å². The highest BCUT2D eigenvalue weighted by Gasteiger charge is 1.51. The summed E-state index contributed by atoms with van der Waals surface area (Å²) in [6.45, 7) is 1.97. The number of hydrogen-bond acceptors (Lipinski definition) is 3. The first-order valence-electron chi connectivity index (χ1n) is 3.39. The van der Waals surface area contributed by atoms with Crippen molar-refractivity contribution in [3.63, 3.8) is 0 Å². The minimum absolute atomic E-state index is 1.55. The van der Waals surface area contributed by atoms with Crippen LogP contribution in [0.3, 0.4) is 0 Å². The third-order valence-corrected chi connectivity index (χ3v) is 0.832. The smallest absolute Gasteiger partial charge is 0.00278 e. The van der Waals surface area contributed by atoms with Crippen LogP contribution in [0.2, 0.25) is 0 Å². The zero-order chi connectivity index (χ0) is 8.95. The zero-order valence-electron chi connectivity index (χ0n) is 7.29. The molecular weight excluding hydrogens is 156 g/mol. The lowest BCUT2D eigenvalue weighted by Crippen LogP contribution is -1.90. The largest absolute Gasteiger partial charge is 0.394 e. The Morgan fingerprint density at radius 1 is 1.09 bits per heavy atom. The molecule has 0 aromatic rings. The molecule has 0 bridgehead atoms. The van der Waals surface area contributed by atoms with Gasteiger partial charge in [0.25, 0.3) is 0 Å². The first kappa shape index (κ1) is 12.8. The van der Waals surface area contributed by atoms with Gasteiger partial charge in [-0.15, -0.1) is 0 Å². The van der Waals surface area contributed by atoms with Crippen LogP contribution in [0.1, 0.15) is 6.92 Å². The van der Waals surface area contributed by atoms with E-state index in [-0.39, 0.29) is 0 Å². The van der Waals surface area contributed by atoms with E-state index in [9.17, 15) is 0 Å². The topological polar surface area (TPSA) is 24.1 Å². The van der Waals surface area contributed by atoms with Crippen LogP contribution in [-0.2, 0) is 0 Å². The van der Waals surface area contributed by atoms with Crippen molar-refractivity contribution < 1.29 is 0 Å². The highest BCUT2D eigenvalue weighted by molar-refractivity contribution is 7.79. The van der Waals surface area contributed by atoms with Gasteiger partial charge in [0, 0.05) is 19.5 Å². The van der Waals surface area contributed by atoms with E-state index in [4.69, 9.17) is 0 Å². The summed E-state index contributed by atoms with van der Waals surface area (Å²) >= 11 is 4.47. The molecule has 0 unspecified atom stereocenters. The van der Waals surface area contributed by atoms with Crippen LogP contribution < -0.4 is 10.6 Å². The molecule has 11 heavy (non-hydrogen) atoms. The third kappa shape index (κ3) is 27.1. The van der Waals surface area contributed by atoms with Gasteiger partial charge in [0.2, 0.25) is 0 Å². The molecule has 64 valence electrons. The average molecular weight is 172 g/mol. The number of allylic oxidation sites excluding steroid dienone is 2. The number of thiocarbonyl (C=S) groups is 1. The van der Waals surface area contributed by atoms with Crippen molar-refractivity contribution in [1.82, 2.24) is 10.6 Å². The van der Waals surface area contributed by atoms with Gasteiger partial charge in [-0.1, -0.05) is 18.3 Å². The summed E-state index contributed by atoms with van der Waals surface area (Å²) in [5, 5.41) is 7.18. The molecule has 0 radical (unpaired) electrons. The number of rotatable bonds is 3. The second-order valence-corrected chi connectivity index (χ2v) is 1.84. The molecule has 0 spiro atoms. The Morgan fingerprint density at radius 2 is 1.64 bits per heavy atom. The Bertz CT molecular complexity index is 119. The molecule has 0 aromatic heterocycles. The molecule has 0 saturated heterocycles. The van der Waals surface area contributed by atoms with Crippen molar-refractivity contribution in [1.29, 1.82) is 0 Å². The van der Waals surface area contributed by atoms with Crippen molar-refractivity contribution >= 4 is 17.6 Å². The molecule has 0 heterocycles. The standard InChI is InChI=1S/C4H7NS.C4H9N/c1-5-3-2-4-6;1-3-4-5-2/h2-5H,1H3;3-5H,1-2H3/b3-2-;4-3-. The maximum absolute atomic E-state index is 4.47. The summed E-state index contributed by atoms with van der Waals surface area (Å²) in [7, 11) is 3.70. The van der Waals surface area contributed by atoms with Gasteiger partial charge in [-0.05, 0) is 25.4 Å². The molecule has 0 aromatic carbocycles. The molecule has 2 N–H and O–H groups in total. The molecule has 3 heteroatoms. The van der Waals surface area contributed by atoms with Crippen LogP contribution in [0.4, 0.5) is 0 Å². The Morgan fingerprint density at radius 3 is 1.73 bits per heavy atom. The normalized spacial score (nSPS) is 9.00. The fourth-order valence-electron chi connectivity index (χ4n) is 0.302. The van der Waals surface area contributed by atoms with E-state index in [1.807, 2.05) is 33.3 Å². The fourth-order valence-corrected chi connectivity index (χ4v) is 0.381. The molecule has 0 fully saturated rings. The summed E-state index contributed by atoms with van der Waals surface area (Å²) in [5.41, 5.74) is 0. The summed E-state index contributed by atoms with van der Waals surface area (Å²) in [4.78, 5) is 0. The Hall–Kier alpha value is -0.830. The van der Waals surface area contributed by atoms with Gasteiger partial charge in [-0.2, -0.15) is 0 Å². The first-order valence-corrected chi connectivity index (χ1v) is 3.86. The van der Waals surface area contributed by atoms with Crippen LogP contribution in [0, 0.1) is 0 Å². The van der Waals surface area contributed by atoms with E-state index in [1.54, 1.807) is 17.6 Å². The van der Waals surface area contributed by atoms with E-state index >= 15 is 0 Å². The molecule has 0 aliphatic heterocycles. The second-order valence-electron chi connectivity index (χ2n) is 1.57. The third-order valence-electron chi connectivity index (χ3n) is 0.675. The van der Waals surface area contributed by atoms with Gasteiger partial charge in [-0.3, -0.25) is 0 Å². The van der Waals surface area contributed by atoms with Gasteiger partial charge in [0.15, 0.2) is 0 Å². The first-order chi connectivity index (χ1) is 5.33. The molecule has 0 rings (SSSR count). The van der Waals surface area contributed by atoms with Crippen LogP contribution in [-0.4, -0.2) is 19.5 Å². The second kappa shape index (κ2) is 16.1. The van der Waals surface area contributed by atoms with E-state index in [0.29, 0.717) is 0 Å². The zero-order valence-corrected chi connectivity index (χ0v) is 8.11. The fraction of sp³-hybridized carbons (Fsp3) is 0.375. The quantitative estimate of drug-likeness (QED) is 0.498. The van der Waals surface area contributed by atoms with Crippen molar-refractivity contribution in [2.45, 2.75) is 6.92 Å². The molecule has 0 atom stereocenters. The minimum atomic E-state index is 1.55. The summed E-state index contributed by atoms with van der Waals surface area (Å²) < 4.78 is 0. The molecule has 0 amide bonds. The molecule has 0 aliphatic carbocycles. The van der Waals surface area contributed by atoms with Crippen molar-refractivity contribution in [3.8, 4) is 0 Å². The van der Waals surface area contributed by atoms with Gasteiger partial charge in [0.1, 0.15) is 0 Å². The van der Waals surface area contributed by atoms with Crippen molar-refractivity contribution in [2.24, 2.45) is 0 Å². The lowest BCUT2D eigenvalue weighted by Gasteiger charge is -1.75. The highest BCUT2D eigenvalue weighted by Crippen LogP contribution is 1.56. The highest BCUT2D eigenvalue weighted by atomic mass is 32.1. The monoisotopic (exact) mass is 172 g/mol. The van der Waals surface area contributed by atoms with Gasteiger partial charge >= 0.3 is 0 Å². The van der Waals surface area contributed by atoms with E-state index in [2.05, 4.69) is 22.9 Å². The molecular formula is C8H16N2S. The van der Waals surface area contributed by atoms with Crippen LogP contribution in [0.15, 0.2) is 24.6 Å². The number of nitrogens with one attached hydrogen (secondary N) is 2.